The van der Waals surface area contributed by atoms with Crippen LogP contribution >= 0.6 is 0 Å². The van der Waals surface area contributed by atoms with E-state index in [2.05, 4.69) is 20.8 Å². The van der Waals surface area contributed by atoms with Crippen molar-refractivity contribution < 1.29 is 14.3 Å². The Morgan fingerprint density at radius 3 is 2.55 bits per heavy atom. The second kappa shape index (κ2) is 9.18. The predicted molar refractivity (Wildman–Crippen MR) is 109 cm³/mol. The van der Waals surface area contributed by atoms with E-state index in [4.69, 9.17) is 4.74 Å². The van der Waals surface area contributed by atoms with Crippen molar-refractivity contribution in [3.63, 3.8) is 0 Å². The number of aromatic nitrogens is 3. The molecule has 2 aromatic heterocycles. The summed E-state index contributed by atoms with van der Waals surface area (Å²) in [6.07, 6.45) is 1.84. The van der Waals surface area contributed by atoms with E-state index in [1.165, 1.54) is 0 Å². The number of hydrogen-bond acceptors (Lipinski definition) is 5. The Morgan fingerprint density at radius 1 is 1.10 bits per heavy atom. The van der Waals surface area contributed by atoms with Crippen molar-refractivity contribution >= 4 is 17.5 Å². The van der Waals surface area contributed by atoms with Gasteiger partial charge >= 0.3 is 0 Å². The Morgan fingerprint density at radius 2 is 1.86 bits per heavy atom. The van der Waals surface area contributed by atoms with Gasteiger partial charge in [0.15, 0.2) is 11.5 Å². The lowest BCUT2D eigenvalue weighted by Crippen LogP contribution is -2.49. The van der Waals surface area contributed by atoms with Gasteiger partial charge in [-0.2, -0.15) is 0 Å². The van der Waals surface area contributed by atoms with E-state index in [-0.39, 0.29) is 24.3 Å². The van der Waals surface area contributed by atoms with Crippen molar-refractivity contribution in [1.29, 1.82) is 0 Å². The van der Waals surface area contributed by atoms with Crippen LogP contribution in [0.2, 0.25) is 0 Å². The van der Waals surface area contributed by atoms with Gasteiger partial charge in [-0.05, 0) is 49.2 Å². The van der Waals surface area contributed by atoms with Gasteiger partial charge in [0.1, 0.15) is 11.8 Å². The molecule has 0 saturated heterocycles. The second-order valence-electron chi connectivity index (χ2n) is 6.92. The van der Waals surface area contributed by atoms with Crippen LogP contribution in [-0.4, -0.2) is 39.1 Å². The molecule has 0 aliphatic carbocycles. The van der Waals surface area contributed by atoms with Gasteiger partial charge < -0.3 is 15.4 Å². The zero-order chi connectivity index (χ0) is 20.8. The third-order valence-electron chi connectivity index (χ3n) is 4.47. The number of amides is 2. The normalized spacial score (nSPS) is 12.0. The molecule has 152 valence electrons. The average molecular weight is 395 g/mol. The maximum Gasteiger partial charge on any atom is 0.251 e. The average Bonchev–Trinajstić information content (AvgIpc) is 3.14. The van der Waals surface area contributed by atoms with Crippen LogP contribution in [0.25, 0.3) is 5.65 Å². The second-order valence-corrected chi connectivity index (χ2v) is 6.92. The number of benzene rings is 1. The molecule has 0 spiro atoms. The molecule has 2 N–H and O–H groups in total. The third kappa shape index (κ3) is 4.90. The first kappa shape index (κ1) is 20.3. The van der Waals surface area contributed by atoms with Crippen molar-refractivity contribution in [3.05, 3.63) is 60.0 Å². The molecule has 3 rings (SSSR count). The van der Waals surface area contributed by atoms with Gasteiger partial charge in [0.2, 0.25) is 5.91 Å². The molecule has 0 saturated carbocycles. The summed E-state index contributed by atoms with van der Waals surface area (Å²) in [7, 11) is 0. The molecule has 0 radical (unpaired) electrons. The molecule has 0 aliphatic heterocycles. The predicted octanol–water partition coefficient (Wildman–Crippen LogP) is 2.20. The zero-order valence-corrected chi connectivity index (χ0v) is 16.8. The topological polar surface area (TPSA) is 97.6 Å². The molecule has 0 bridgehead atoms. The summed E-state index contributed by atoms with van der Waals surface area (Å²) in [6, 6.07) is 11.7. The number of pyridine rings is 1. The molecule has 3 aromatic rings. The number of fused-ring (bicyclic) bond motifs is 1. The number of nitrogens with zero attached hydrogens (tertiary/aromatic N) is 3. The molecule has 0 fully saturated rings. The van der Waals surface area contributed by atoms with Crippen molar-refractivity contribution in [3.8, 4) is 5.75 Å². The van der Waals surface area contributed by atoms with E-state index in [0.717, 1.165) is 0 Å². The summed E-state index contributed by atoms with van der Waals surface area (Å²) in [6.45, 7) is 6.44. The van der Waals surface area contributed by atoms with E-state index < -0.39 is 6.04 Å². The molecule has 8 heteroatoms. The quantitative estimate of drug-likeness (QED) is 0.609. The summed E-state index contributed by atoms with van der Waals surface area (Å²) in [4.78, 5) is 25.3. The Hall–Kier alpha value is -3.42. The number of nitrogens with one attached hydrogen (secondary N) is 2. The molecule has 8 nitrogen and oxygen atoms in total. The smallest absolute Gasteiger partial charge is 0.251 e. The Kier molecular flexibility index (Phi) is 6.43. The third-order valence-corrected chi connectivity index (χ3v) is 4.47. The molecule has 2 amide bonds. The number of carbonyl (C=O) groups is 2. The highest BCUT2D eigenvalue weighted by atomic mass is 16.5. The van der Waals surface area contributed by atoms with Crippen LogP contribution in [0.5, 0.6) is 5.75 Å². The molecular formula is C21H25N5O3. The van der Waals surface area contributed by atoms with E-state index >= 15 is 0 Å². The van der Waals surface area contributed by atoms with E-state index in [1.54, 1.807) is 24.3 Å². The number of hydrogen-bond donors (Lipinski definition) is 2. The molecule has 2 heterocycles. The van der Waals surface area contributed by atoms with Crippen LogP contribution in [0.4, 0.5) is 0 Å². The van der Waals surface area contributed by atoms with Crippen LogP contribution in [0.1, 0.15) is 37.0 Å². The van der Waals surface area contributed by atoms with Gasteiger partial charge in [0, 0.05) is 11.8 Å². The van der Waals surface area contributed by atoms with Gasteiger partial charge in [-0.1, -0.05) is 19.9 Å². The van der Waals surface area contributed by atoms with Crippen LogP contribution in [0, 0.1) is 5.92 Å². The minimum Gasteiger partial charge on any atom is -0.494 e. The first-order valence-electron chi connectivity index (χ1n) is 9.59. The standard InChI is InChI=1S/C21H25N5O3/c1-4-29-16-10-8-15(9-11-16)20(27)23-19(14(2)3)21(28)22-13-18-25-24-17-7-5-6-12-26(17)18/h5-12,14,19H,4,13H2,1-3H3,(H,22,28)(H,23,27). The first-order chi connectivity index (χ1) is 14.0. The number of ether oxygens (including phenoxy) is 1. The fraction of sp³-hybridized carbons (Fsp3) is 0.333. The van der Waals surface area contributed by atoms with Crippen molar-refractivity contribution in [2.24, 2.45) is 5.92 Å². The Bertz CT molecular complexity index is 981. The van der Waals surface area contributed by atoms with Crippen LogP contribution in [-0.2, 0) is 11.3 Å². The van der Waals surface area contributed by atoms with Gasteiger partial charge in [-0.3, -0.25) is 14.0 Å². The minimum atomic E-state index is -0.673. The Balaban J connectivity index is 1.63. The molecule has 0 aliphatic rings. The first-order valence-corrected chi connectivity index (χ1v) is 9.59. The fourth-order valence-electron chi connectivity index (χ4n) is 2.92. The minimum absolute atomic E-state index is 0.0863. The van der Waals surface area contributed by atoms with E-state index in [9.17, 15) is 9.59 Å². The summed E-state index contributed by atoms with van der Waals surface area (Å²) >= 11 is 0. The molecule has 1 atom stereocenters. The lowest BCUT2D eigenvalue weighted by molar-refractivity contribution is -0.124. The van der Waals surface area contributed by atoms with Crippen LogP contribution in [0.15, 0.2) is 48.7 Å². The SMILES string of the molecule is CCOc1ccc(C(=O)NC(C(=O)NCc2nnc3ccccn23)C(C)C)cc1. The highest BCUT2D eigenvalue weighted by molar-refractivity contribution is 5.97. The van der Waals surface area contributed by atoms with Crippen molar-refractivity contribution in [2.75, 3.05) is 6.61 Å². The molecule has 1 aromatic carbocycles. The number of rotatable bonds is 8. The van der Waals surface area contributed by atoms with Gasteiger partial charge in [0.05, 0.1) is 13.2 Å². The van der Waals surface area contributed by atoms with Gasteiger partial charge in [-0.25, -0.2) is 0 Å². The van der Waals surface area contributed by atoms with Crippen LogP contribution < -0.4 is 15.4 Å². The van der Waals surface area contributed by atoms with E-state index in [1.807, 2.05) is 49.6 Å². The van der Waals surface area contributed by atoms with E-state index in [0.29, 0.717) is 29.4 Å². The monoisotopic (exact) mass is 395 g/mol. The lowest BCUT2D eigenvalue weighted by Gasteiger charge is -2.21. The summed E-state index contributed by atoms with van der Waals surface area (Å²) in [5.41, 5.74) is 1.18. The summed E-state index contributed by atoms with van der Waals surface area (Å²) in [5, 5.41) is 13.8. The molecular weight excluding hydrogens is 370 g/mol. The summed E-state index contributed by atoms with van der Waals surface area (Å²) in [5.74, 6) is 0.649. The zero-order valence-electron chi connectivity index (χ0n) is 16.8. The largest absolute Gasteiger partial charge is 0.494 e. The van der Waals surface area contributed by atoms with Crippen molar-refractivity contribution in [2.45, 2.75) is 33.4 Å². The lowest BCUT2D eigenvalue weighted by atomic mass is 10.0. The maximum absolute atomic E-state index is 12.7. The fourth-order valence-corrected chi connectivity index (χ4v) is 2.92. The van der Waals surface area contributed by atoms with Gasteiger partial charge in [0.25, 0.3) is 5.91 Å². The van der Waals surface area contributed by atoms with Crippen LogP contribution in [0.3, 0.4) is 0 Å². The number of carbonyl (C=O) groups excluding carboxylic acids is 2. The Labute approximate surface area is 169 Å². The molecule has 29 heavy (non-hydrogen) atoms. The highest BCUT2D eigenvalue weighted by Gasteiger charge is 2.25. The van der Waals surface area contributed by atoms with Gasteiger partial charge in [-0.15, -0.1) is 10.2 Å². The molecule has 1 unspecified atom stereocenters. The summed E-state index contributed by atoms with van der Waals surface area (Å²) < 4.78 is 7.20. The highest BCUT2D eigenvalue weighted by Crippen LogP contribution is 2.13. The van der Waals surface area contributed by atoms with Crippen molar-refractivity contribution in [1.82, 2.24) is 25.2 Å². The maximum atomic E-state index is 12.7.